The number of hydrogen-bond acceptors (Lipinski definition) is 2. The van der Waals surface area contributed by atoms with Crippen LogP contribution in [0.5, 0.6) is 0 Å². The van der Waals surface area contributed by atoms with Gasteiger partial charge in [0.15, 0.2) is 0 Å². The Morgan fingerprint density at radius 3 is 2.25 bits per heavy atom. The van der Waals surface area contributed by atoms with Crippen molar-refractivity contribution < 1.29 is 0 Å². The summed E-state index contributed by atoms with van der Waals surface area (Å²) in [7, 11) is 1.88. The second-order valence-electron chi connectivity index (χ2n) is 8.15. The third kappa shape index (κ3) is 3.35. The highest BCUT2D eigenvalue weighted by molar-refractivity contribution is 6.30. The van der Waals surface area contributed by atoms with Crippen molar-refractivity contribution in [1.29, 1.82) is 0 Å². The van der Waals surface area contributed by atoms with Crippen molar-refractivity contribution in [3.05, 3.63) is 115 Å². The van der Waals surface area contributed by atoms with Crippen molar-refractivity contribution >= 4 is 33.5 Å². The third-order valence-corrected chi connectivity index (χ3v) is 6.16. The van der Waals surface area contributed by atoms with E-state index in [1.807, 2.05) is 85.3 Å². The minimum Gasteiger partial charge on any atom is -0.338 e. The van der Waals surface area contributed by atoms with Gasteiger partial charge in [0, 0.05) is 17.5 Å². The number of benzene rings is 3. The summed E-state index contributed by atoms with van der Waals surface area (Å²) in [5.74, 6) is 0. The summed E-state index contributed by atoms with van der Waals surface area (Å²) >= 11 is 6.21. The molecule has 3 aromatic carbocycles. The number of nitrogens with zero attached hydrogens (tertiary/aromatic N) is 3. The van der Waals surface area contributed by atoms with Crippen LogP contribution in [0.25, 0.3) is 21.9 Å². The number of halogens is 1. The van der Waals surface area contributed by atoms with E-state index in [9.17, 15) is 9.59 Å². The quantitative estimate of drug-likeness (QED) is 0.403. The normalized spacial score (nSPS) is 11.5. The molecule has 0 spiro atoms. The van der Waals surface area contributed by atoms with Crippen LogP contribution in [0.15, 0.2) is 82.4 Å². The molecule has 5 aromatic rings. The van der Waals surface area contributed by atoms with E-state index in [0.29, 0.717) is 22.6 Å². The van der Waals surface area contributed by atoms with Crippen LogP contribution in [-0.2, 0) is 20.1 Å². The van der Waals surface area contributed by atoms with Crippen LogP contribution in [0.3, 0.4) is 0 Å². The van der Waals surface area contributed by atoms with Gasteiger partial charge in [0.05, 0.1) is 24.1 Å². The van der Waals surface area contributed by atoms with Gasteiger partial charge in [-0.2, -0.15) is 0 Å². The molecular formula is C26H22ClN3O2. The zero-order chi connectivity index (χ0) is 22.4. The van der Waals surface area contributed by atoms with E-state index in [0.717, 1.165) is 27.6 Å². The molecule has 0 aliphatic heterocycles. The highest BCUT2D eigenvalue weighted by atomic mass is 35.5. The summed E-state index contributed by atoms with van der Waals surface area (Å²) in [6.45, 7) is 2.54. The summed E-state index contributed by atoms with van der Waals surface area (Å²) in [5, 5.41) is 1.50. The summed E-state index contributed by atoms with van der Waals surface area (Å²) < 4.78 is 4.92. The molecule has 0 amide bonds. The molecule has 0 unspecified atom stereocenters. The summed E-state index contributed by atoms with van der Waals surface area (Å²) in [5.41, 5.74) is 4.34. The predicted molar refractivity (Wildman–Crippen MR) is 130 cm³/mol. The molecule has 32 heavy (non-hydrogen) atoms. The fourth-order valence-corrected chi connectivity index (χ4v) is 4.60. The van der Waals surface area contributed by atoms with E-state index in [1.165, 1.54) is 4.57 Å². The minimum absolute atomic E-state index is 0.213. The van der Waals surface area contributed by atoms with Crippen molar-refractivity contribution in [3.63, 3.8) is 0 Å². The van der Waals surface area contributed by atoms with Crippen LogP contribution in [0.1, 0.15) is 16.7 Å². The maximum absolute atomic E-state index is 13.7. The molecular weight excluding hydrogens is 422 g/mol. The first-order valence-corrected chi connectivity index (χ1v) is 10.8. The second kappa shape index (κ2) is 7.84. The van der Waals surface area contributed by atoms with Crippen LogP contribution in [0, 0.1) is 6.92 Å². The standard InChI is InChI=1S/C26H22ClN3O2/c1-17-11-12-22-21(13-17)23-24(28(22)2)25(31)30(15-18-7-4-3-5-8-18)26(32)29(23)16-19-9-6-10-20(27)14-19/h3-14H,15-16H2,1-2H3. The molecule has 5 nitrogen and oxygen atoms in total. The van der Waals surface area contributed by atoms with Crippen LogP contribution in [0.4, 0.5) is 0 Å². The Balaban J connectivity index is 1.87. The van der Waals surface area contributed by atoms with E-state index in [-0.39, 0.29) is 17.8 Å². The third-order valence-electron chi connectivity index (χ3n) is 5.92. The van der Waals surface area contributed by atoms with Crippen molar-refractivity contribution in [3.8, 4) is 0 Å². The fourth-order valence-electron chi connectivity index (χ4n) is 4.38. The van der Waals surface area contributed by atoms with Crippen LogP contribution in [-0.4, -0.2) is 13.7 Å². The van der Waals surface area contributed by atoms with E-state index < -0.39 is 0 Å². The molecule has 2 aromatic heterocycles. The molecule has 0 radical (unpaired) electrons. The van der Waals surface area contributed by atoms with Gasteiger partial charge < -0.3 is 4.57 Å². The number of hydrogen-bond donors (Lipinski definition) is 0. The first-order chi connectivity index (χ1) is 15.4. The molecule has 0 atom stereocenters. The summed E-state index contributed by atoms with van der Waals surface area (Å²) in [4.78, 5) is 27.3. The molecule has 6 heteroatoms. The zero-order valence-corrected chi connectivity index (χ0v) is 18.6. The SMILES string of the molecule is Cc1ccc2c(c1)c1c(c(=O)n(Cc3ccccc3)c(=O)n1Cc1cccc(Cl)c1)n2C. The Kier molecular flexibility index (Phi) is 4.98. The lowest BCUT2D eigenvalue weighted by molar-refractivity contribution is 0.633. The maximum Gasteiger partial charge on any atom is 0.332 e. The average molecular weight is 444 g/mol. The largest absolute Gasteiger partial charge is 0.338 e. The Labute approximate surface area is 189 Å². The maximum atomic E-state index is 13.7. The molecule has 5 rings (SSSR count). The number of fused-ring (bicyclic) bond motifs is 3. The first-order valence-electron chi connectivity index (χ1n) is 10.4. The number of aromatic nitrogens is 3. The molecule has 160 valence electrons. The molecule has 0 aliphatic carbocycles. The van der Waals surface area contributed by atoms with E-state index in [1.54, 1.807) is 10.6 Å². The van der Waals surface area contributed by atoms with Crippen molar-refractivity contribution in [2.24, 2.45) is 7.05 Å². The zero-order valence-electron chi connectivity index (χ0n) is 17.9. The summed E-state index contributed by atoms with van der Waals surface area (Å²) in [6.07, 6.45) is 0. The van der Waals surface area contributed by atoms with Gasteiger partial charge in [-0.3, -0.25) is 13.9 Å². The Hall–Kier alpha value is -3.57. The van der Waals surface area contributed by atoms with E-state index >= 15 is 0 Å². The van der Waals surface area contributed by atoms with Gasteiger partial charge in [0.2, 0.25) is 0 Å². The highest BCUT2D eigenvalue weighted by Gasteiger charge is 2.20. The van der Waals surface area contributed by atoms with Crippen LogP contribution >= 0.6 is 11.6 Å². The number of rotatable bonds is 4. The Morgan fingerprint density at radius 2 is 1.50 bits per heavy atom. The van der Waals surface area contributed by atoms with Crippen LogP contribution in [0.2, 0.25) is 5.02 Å². The van der Waals surface area contributed by atoms with Gasteiger partial charge in [-0.25, -0.2) is 4.79 Å². The monoisotopic (exact) mass is 443 g/mol. The Morgan fingerprint density at radius 1 is 0.781 bits per heavy atom. The van der Waals surface area contributed by atoms with Gasteiger partial charge in [-0.05, 0) is 42.3 Å². The lowest BCUT2D eigenvalue weighted by Gasteiger charge is -2.14. The molecule has 0 saturated heterocycles. The first kappa shape index (κ1) is 20.3. The van der Waals surface area contributed by atoms with Crippen molar-refractivity contribution in [1.82, 2.24) is 13.7 Å². The highest BCUT2D eigenvalue weighted by Crippen LogP contribution is 2.27. The molecule has 0 saturated carbocycles. The number of aryl methyl sites for hydroxylation is 2. The van der Waals surface area contributed by atoms with Gasteiger partial charge in [-0.1, -0.05) is 65.7 Å². The van der Waals surface area contributed by atoms with Gasteiger partial charge in [-0.15, -0.1) is 0 Å². The topological polar surface area (TPSA) is 48.9 Å². The van der Waals surface area contributed by atoms with Gasteiger partial charge in [0.1, 0.15) is 5.52 Å². The van der Waals surface area contributed by atoms with Gasteiger partial charge >= 0.3 is 5.69 Å². The Bertz CT molecular complexity index is 1590. The summed E-state index contributed by atoms with van der Waals surface area (Å²) in [6, 6.07) is 23.1. The molecule has 0 aliphatic rings. The van der Waals surface area contributed by atoms with Crippen molar-refractivity contribution in [2.75, 3.05) is 0 Å². The average Bonchev–Trinajstić information content (AvgIpc) is 3.06. The molecule has 0 bridgehead atoms. The molecule has 2 heterocycles. The molecule has 0 fully saturated rings. The second-order valence-corrected chi connectivity index (χ2v) is 8.59. The molecule has 0 N–H and O–H groups in total. The van der Waals surface area contributed by atoms with E-state index in [4.69, 9.17) is 11.6 Å². The lowest BCUT2D eigenvalue weighted by Crippen LogP contribution is -2.40. The predicted octanol–water partition coefficient (Wildman–Crippen LogP) is 4.71. The smallest absolute Gasteiger partial charge is 0.332 e. The van der Waals surface area contributed by atoms with Gasteiger partial charge in [0.25, 0.3) is 5.56 Å². The van der Waals surface area contributed by atoms with Crippen molar-refractivity contribution in [2.45, 2.75) is 20.0 Å². The minimum atomic E-state index is -0.333. The van der Waals surface area contributed by atoms with Crippen LogP contribution < -0.4 is 11.2 Å². The van der Waals surface area contributed by atoms with E-state index in [2.05, 4.69) is 0 Å². The lowest BCUT2D eigenvalue weighted by atomic mass is 10.1. The fraction of sp³-hybridized carbons (Fsp3) is 0.154.